The fourth-order valence-electron chi connectivity index (χ4n) is 3.26. The zero-order valence-corrected chi connectivity index (χ0v) is 14.7. The number of hydrogen-bond acceptors (Lipinski definition) is 3. The smallest absolute Gasteiger partial charge is 0.222 e. The highest BCUT2D eigenvalue weighted by Gasteiger charge is 2.13. The monoisotopic (exact) mass is 347 g/mol. The molecule has 4 rings (SSSR count). The van der Waals surface area contributed by atoms with Gasteiger partial charge in [-0.2, -0.15) is 0 Å². The van der Waals surface area contributed by atoms with Gasteiger partial charge in [-0.1, -0.05) is 24.3 Å². The molecule has 0 saturated heterocycles. The number of hydrogen-bond donors (Lipinski definition) is 1. The van der Waals surface area contributed by atoms with E-state index in [9.17, 15) is 4.79 Å². The largest absolute Gasteiger partial charge is 0.361 e. The second-order valence-corrected chi connectivity index (χ2v) is 6.51. The number of rotatable bonds is 6. The fourth-order valence-corrected chi connectivity index (χ4v) is 3.26. The molecule has 0 aliphatic heterocycles. The Morgan fingerprint density at radius 1 is 1.15 bits per heavy atom. The van der Waals surface area contributed by atoms with Gasteiger partial charge in [-0.15, -0.1) is 10.2 Å². The van der Waals surface area contributed by atoms with Crippen molar-refractivity contribution in [2.45, 2.75) is 25.8 Å². The molecule has 4 aromatic rings. The molecule has 0 aliphatic carbocycles. The van der Waals surface area contributed by atoms with Crippen molar-refractivity contribution in [1.82, 2.24) is 24.5 Å². The predicted octanol–water partition coefficient (Wildman–Crippen LogP) is 3.19. The van der Waals surface area contributed by atoms with E-state index in [4.69, 9.17) is 0 Å². The Kier molecular flexibility index (Phi) is 4.39. The third kappa shape index (κ3) is 3.18. The number of benzene rings is 1. The molecule has 0 unspecified atom stereocenters. The zero-order valence-electron chi connectivity index (χ0n) is 14.7. The van der Waals surface area contributed by atoms with Gasteiger partial charge in [-0.05, 0) is 36.6 Å². The average Bonchev–Trinajstić information content (AvgIpc) is 3.26. The summed E-state index contributed by atoms with van der Waals surface area (Å²) < 4.78 is 1.91. The van der Waals surface area contributed by atoms with Crippen LogP contribution in [0.4, 0.5) is 0 Å². The lowest BCUT2D eigenvalue weighted by molar-refractivity contribution is -0.130. The number of nitrogens with one attached hydrogen (secondary N) is 1. The number of fused-ring (bicyclic) bond motifs is 2. The van der Waals surface area contributed by atoms with Crippen molar-refractivity contribution in [3.63, 3.8) is 0 Å². The molecule has 0 atom stereocenters. The van der Waals surface area contributed by atoms with Gasteiger partial charge in [0.2, 0.25) is 5.91 Å². The summed E-state index contributed by atoms with van der Waals surface area (Å²) >= 11 is 0. The highest BCUT2D eigenvalue weighted by atomic mass is 16.2. The Morgan fingerprint density at radius 3 is 2.92 bits per heavy atom. The van der Waals surface area contributed by atoms with Gasteiger partial charge < -0.3 is 9.88 Å². The Labute approximate surface area is 151 Å². The second kappa shape index (κ2) is 7.00. The quantitative estimate of drug-likeness (QED) is 0.582. The summed E-state index contributed by atoms with van der Waals surface area (Å²) in [4.78, 5) is 17.5. The molecular formula is C20H21N5O. The van der Waals surface area contributed by atoms with E-state index in [0.29, 0.717) is 13.0 Å². The lowest BCUT2D eigenvalue weighted by atomic mass is 10.1. The summed E-state index contributed by atoms with van der Waals surface area (Å²) in [7, 11) is 1.82. The molecule has 1 aromatic carbocycles. The standard InChI is InChI=1S/C20H21N5O/c1-24(14-19-23-22-18-10-4-5-12-25(18)19)20(26)11-6-7-15-13-21-17-9-3-2-8-16(15)17/h2-5,8-10,12-13,21H,6-7,11,14H2,1H3. The number of aromatic amines is 1. The maximum Gasteiger partial charge on any atom is 0.222 e. The van der Waals surface area contributed by atoms with Crippen molar-refractivity contribution in [1.29, 1.82) is 0 Å². The molecule has 132 valence electrons. The highest BCUT2D eigenvalue weighted by Crippen LogP contribution is 2.19. The van der Waals surface area contributed by atoms with E-state index in [-0.39, 0.29) is 5.91 Å². The summed E-state index contributed by atoms with van der Waals surface area (Å²) in [6.45, 7) is 0.455. The van der Waals surface area contributed by atoms with Crippen molar-refractivity contribution in [2.24, 2.45) is 0 Å². The first kappa shape index (κ1) is 16.3. The zero-order chi connectivity index (χ0) is 17.9. The minimum absolute atomic E-state index is 0.123. The van der Waals surface area contributed by atoms with E-state index in [1.807, 2.05) is 54.2 Å². The van der Waals surface area contributed by atoms with Crippen LogP contribution in [0.3, 0.4) is 0 Å². The van der Waals surface area contributed by atoms with Gasteiger partial charge in [0.15, 0.2) is 11.5 Å². The number of H-pyrrole nitrogens is 1. The van der Waals surface area contributed by atoms with Crippen LogP contribution in [0.5, 0.6) is 0 Å². The van der Waals surface area contributed by atoms with Gasteiger partial charge in [0.1, 0.15) is 0 Å². The van der Waals surface area contributed by atoms with Crippen LogP contribution in [-0.4, -0.2) is 37.4 Å². The number of carbonyl (C=O) groups is 1. The molecule has 0 bridgehead atoms. The van der Waals surface area contributed by atoms with Gasteiger partial charge in [-0.25, -0.2) is 0 Å². The van der Waals surface area contributed by atoms with Gasteiger partial charge in [0, 0.05) is 36.8 Å². The van der Waals surface area contributed by atoms with E-state index in [1.54, 1.807) is 4.90 Å². The van der Waals surface area contributed by atoms with Crippen molar-refractivity contribution in [3.8, 4) is 0 Å². The Bertz CT molecular complexity index is 1050. The Balaban J connectivity index is 1.34. The SMILES string of the molecule is CN(Cc1nnc2ccccn12)C(=O)CCCc1c[nH]c2ccccc12. The number of nitrogens with zero attached hydrogens (tertiary/aromatic N) is 4. The fraction of sp³-hybridized carbons (Fsp3) is 0.250. The lowest BCUT2D eigenvalue weighted by Gasteiger charge is -2.16. The van der Waals surface area contributed by atoms with E-state index in [2.05, 4.69) is 27.3 Å². The van der Waals surface area contributed by atoms with Crippen LogP contribution in [0.2, 0.25) is 0 Å². The first-order chi connectivity index (χ1) is 12.7. The lowest BCUT2D eigenvalue weighted by Crippen LogP contribution is -2.27. The van der Waals surface area contributed by atoms with Gasteiger partial charge in [0.05, 0.1) is 6.54 Å². The molecule has 1 amide bonds. The highest BCUT2D eigenvalue weighted by molar-refractivity contribution is 5.83. The van der Waals surface area contributed by atoms with Crippen LogP contribution in [0.1, 0.15) is 24.2 Å². The molecule has 0 fully saturated rings. The van der Waals surface area contributed by atoms with E-state index >= 15 is 0 Å². The van der Waals surface area contributed by atoms with Crippen LogP contribution in [0.15, 0.2) is 54.9 Å². The maximum atomic E-state index is 12.5. The third-order valence-electron chi connectivity index (χ3n) is 4.70. The third-order valence-corrected chi connectivity index (χ3v) is 4.70. The van der Waals surface area contributed by atoms with Crippen LogP contribution in [0, 0.1) is 0 Å². The summed E-state index contributed by atoms with van der Waals surface area (Å²) in [5.74, 6) is 0.894. The molecule has 0 aliphatic rings. The maximum absolute atomic E-state index is 12.5. The molecule has 0 spiro atoms. The Morgan fingerprint density at radius 2 is 2.00 bits per heavy atom. The first-order valence-electron chi connectivity index (χ1n) is 8.80. The number of aromatic nitrogens is 4. The predicted molar refractivity (Wildman–Crippen MR) is 101 cm³/mol. The summed E-state index contributed by atoms with van der Waals surface area (Å²) in [6, 6.07) is 14.0. The van der Waals surface area contributed by atoms with Crippen molar-refractivity contribution < 1.29 is 4.79 Å². The molecule has 3 aromatic heterocycles. The number of pyridine rings is 1. The summed E-state index contributed by atoms with van der Waals surface area (Å²) in [5.41, 5.74) is 3.20. The Hall–Kier alpha value is -3.15. The van der Waals surface area contributed by atoms with Crippen molar-refractivity contribution in [2.75, 3.05) is 7.05 Å². The summed E-state index contributed by atoms with van der Waals surface area (Å²) in [5, 5.41) is 9.55. The minimum Gasteiger partial charge on any atom is -0.361 e. The number of carbonyl (C=O) groups excluding carboxylic acids is 1. The molecule has 6 nitrogen and oxygen atoms in total. The number of para-hydroxylation sites is 1. The molecule has 0 saturated carbocycles. The molecule has 0 radical (unpaired) electrons. The van der Waals surface area contributed by atoms with E-state index in [1.165, 1.54) is 10.9 Å². The van der Waals surface area contributed by atoms with Crippen molar-refractivity contribution in [3.05, 3.63) is 66.2 Å². The molecule has 1 N–H and O–H groups in total. The van der Waals surface area contributed by atoms with Crippen LogP contribution in [-0.2, 0) is 17.8 Å². The van der Waals surface area contributed by atoms with E-state index in [0.717, 1.165) is 29.8 Å². The van der Waals surface area contributed by atoms with E-state index < -0.39 is 0 Å². The molecule has 3 heterocycles. The molecule has 26 heavy (non-hydrogen) atoms. The van der Waals surface area contributed by atoms with Gasteiger partial charge in [0.25, 0.3) is 0 Å². The topological polar surface area (TPSA) is 66.3 Å². The second-order valence-electron chi connectivity index (χ2n) is 6.51. The molecular weight excluding hydrogens is 326 g/mol. The van der Waals surface area contributed by atoms with Gasteiger partial charge >= 0.3 is 0 Å². The van der Waals surface area contributed by atoms with Crippen LogP contribution in [0.25, 0.3) is 16.6 Å². The van der Waals surface area contributed by atoms with Crippen molar-refractivity contribution >= 4 is 22.5 Å². The minimum atomic E-state index is 0.123. The van der Waals surface area contributed by atoms with Crippen LogP contribution >= 0.6 is 0 Å². The first-order valence-corrected chi connectivity index (χ1v) is 8.80. The molecule has 6 heteroatoms. The number of aryl methyl sites for hydroxylation is 1. The average molecular weight is 347 g/mol. The number of amides is 1. The summed E-state index contributed by atoms with van der Waals surface area (Å²) in [6.07, 6.45) is 6.19. The van der Waals surface area contributed by atoms with Crippen LogP contribution < -0.4 is 0 Å². The van der Waals surface area contributed by atoms with Gasteiger partial charge in [-0.3, -0.25) is 9.20 Å². The normalized spacial score (nSPS) is 11.3.